The first-order valence-corrected chi connectivity index (χ1v) is 10.4. The van der Waals surface area contributed by atoms with Gasteiger partial charge in [0.1, 0.15) is 0 Å². The quantitative estimate of drug-likeness (QED) is 0.519. The van der Waals surface area contributed by atoms with E-state index in [4.69, 9.17) is 0 Å². The van der Waals surface area contributed by atoms with Crippen molar-refractivity contribution in [2.45, 2.75) is 96.4 Å². The summed E-state index contributed by atoms with van der Waals surface area (Å²) in [5, 5.41) is 0. The van der Waals surface area contributed by atoms with Gasteiger partial charge >= 0.3 is 0 Å². The molecule has 0 saturated carbocycles. The Kier molecular flexibility index (Phi) is 9.51. The molecule has 1 atom stereocenters. The smallest absolute Gasteiger partial charge is 0.0223 e. The molecule has 0 bridgehead atoms. The fraction of sp³-hybridized carbons (Fsp3) is 1.00. The van der Waals surface area contributed by atoms with E-state index in [0.29, 0.717) is 0 Å². The van der Waals surface area contributed by atoms with E-state index in [9.17, 15) is 0 Å². The molecule has 2 heteroatoms. The van der Waals surface area contributed by atoms with Crippen LogP contribution in [0.5, 0.6) is 0 Å². The summed E-state index contributed by atoms with van der Waals surface area (Å²) in [7, 11) is 0. The van der Waals surface area contributed by atoms with Gasteiger partial charge in [-0.2, -0.15) is 0 Å². The van der Waals surface area contributed by atoms with E-state index in [2.05, 4.69) is 16.7 Å². The molecule has 2 rings (SSSR count). The highest BCUT2D eigenvalue weighted by Gasteiger charge is 2.23. The lowest BCUT2D eigenvalue weighted by Crippen LogP contribution is -2.47. The molecule has 0 aliphatic carbocycles. The van der Waals surface area contributed by atoms with Gasteiger partial charge in [-0.05, 0) is 58.3 Å². The predicted octanol–water partition coefficient (Wildman–Crippen LogP) is 5.08. The maximum absolute atomic E-state index is 2.84. The van der Waals surface area contributed by atoms with E-state index in [1.165, 1.54) is 116 Å². The number of hydrogen-bond donors (Lipinski definition) is 0. The van der Waals surface area contributed by atoms with E-state index >= 15 is 0 Å². The Morgan fingerprint density at radius 2 is 1.27 bits per heavy atom. The van der Waals surface area contributed by atoms with Gasteiger partial charge in [0.15, 0.2) is 0 Å². The summed E-state index contributed by atoms with van der Waals surface area (Å²) in [4.78, 5) is 5.60. The van der Waals surface area contributed by atoms with Crippen LogP contribution in [0, 0.1) is 0 Å². The van der Waals surface area contributed by atoms with Crippen molar-refractivity contribution in [3.63, 3.8) is 0 Å². The molecule has 2 saturated heterocycles. The third-order valence-corrected chi connectivity index (χ3v) is 5.72. The average molecular weight is 309 g/mol. The van der Waals surface area contributed by atoms with Crippen LogP contribution in [-0.2, 0) is 0 Å². The molecule has 2 nitrogen and oxygen atoms in total. The molecule has 0 aromatic heterocycles. The predicted molar refractivity (Wildman–Crippen MR) is 97.5 cm³/mol. The Morgan fingerprint density at radius 3 is 1.95 bits per heavy atom. The Balaban J connectivity index is 1.71. The number of piperidine rings is 2. The summed E-state index contributed by atoms with van der Waals surface area (Å²) in [6, 6.07) is 0.851. The molecule has 2 aliphatic rings. The van der Waals surface area contributed by atoms with E-state index in [1.807, 2.05) is 0 Å². The molecule has 130 valence electrons. The second kappa shape index (κ2) is 11.5. The standard InChI is InChI=1S/C20H40N2/c1-2-3-4-5-6-9-14-20(22-17-12-8-13-18-22)19-21-15-10-7-11-16-21/h20H,2-19H2,1H3/t20-/m0/s1. The monoisotopic (exact) mass is 308 g/mol. The normalized spacial score (nSPS) is 22.8. The molecular formula is C20H40N2. The number of likely N-dealkylation sites (tertiary alicyclic amines) is 2. The molecule has 22 heavy (non-hydrogen) atoms. The zero-order valence-corrected chi connectivity index (χ0v) is 15.2. The van der Waals surface area contributed by atoms with Crippen LogP contribution in [0.2, 0.25) is 0 Å². The maximum atomic E-state index is 2.84. The highest BCUT2D eigenvalue weighted by atomic mass is 15.2. The van der Waals surface area contributed by atoms with Crippen LogP contribution in [0.1, 0.15) is 90.4 Å². The Morgan fingerprint density at radius 1 is 0.682 bits per heavy atom. The second-order valence-corrected chi connectivity index (χ2v) is 7.67. The van der Waals surface area contributed by atoms with Crippen molar-refractivity contribution in [2.24, 2.45) is 0 Å². The molecule has 0 N–H and O–H groups in total. The van der Waals surface area contributed by atoms with E-state index in [1.54, 1.807) is 0 Å². The van der Waals surface area contributed by atoms with Crippen molar-refractivity contribution in [1.82, 2.24) is 9.80 Å². The van der Waals surface area contributed by atoms with Gasteiger partial charge in [-0.25, -0.2) is 0 Å². The minimum Gasteiger partial charge on any atom is -0.302 e. The molecule has 0 unspecified atom stereocenters. The van der Waals surface area contributed by atoms with Gasteiger partial charge in [0.05, 0.1) is 0 Å². The molecule has 0 aromatic rings. The van der Waals surface area contributed by atoms with Crippen LogP contribution in [0.4, 0.5) is 0 Å². The van der Waals surface area contributed by atoms with Crippen molar-refractivity contribution in [3.05, 3.63) is 0 Å². The largest absolute Gasteiger partial charge is 0.302 e. The highest BCUT2D eigenvalue weighted by molar-refractivity contribution is 4.79. The molecule has 2 heterocycles. The zero-order valence-electron chi connectivity index (χ0n) is 15.2. The summed E-state index contributed by atoms with van der Waals surface area (Å²) in [6.45, 7) is 9.13. The highest BCUT2D eigenvalue weighted by Crippen LogP contribution is 2.20. The lowest BCUT2D eigenvalue weighted by molar-refractivity contribution is 0.101. The van der Waals surface area contributed by atoms with Crippen molar-refractivity contribution < 1.29 is 0 Å². The minimum absolute atomic E-state index is 0.851. The fourth-order valence-corrected chi connectivity index (χ4v) is 4.27. The lowest BCUT2D eigenvalue weighted by atomic mass is 10.0. The summed E-state index contributed by atoms with van der Waals surface area (Å²) in [5.74, 6) is 0. The van der Waals surface area contributed by atoms with E-state index < -0.39 is 0 Å². The molecule has 2 fully saturated rings. The van der Waals surface area contributed by atoms with Crippen LogP contribution in [0.3, 0.4) is 0 Å². The Hall–Kier alpha value is -0.0800. The van der Waals surface area contributed by atoms with Gasteiger partial charge in [-0.15, -0.1) is 0 Å². The first-order valence-electron chi connectivity index (χ1n) is 10.4. The van der Waals surface area contributed by atoms with Crippen molar-refractivity contribution in [3.8, 4) is 0 Å². The van der Waals surface area contributed by atoms with Crippen molar-refractivity contribution >= 4 is 0 Å². The number of hydrogen-bond acceptors (Lipinski definition) is 2. The number of nitrogens with zero attached hydrogens (tertiary/aromatic N) is 2. The van der Waals surface area contributed by atoms with Crippen LogP contribution in [0.25, 0.3) is 0 Å². The van der Waals surface area contributed by atoms with Crippen LogP contribution in [0.15, 0.2) is 0 Å². The topological polar surface area (TPSA) is 6.48 Å². The number of rotatable bonds is 10. The van der Waals surface area contributed by atoms with E-state index in [0.717, 1.165) is 6.04 Å². The maximum Gasteiger partial charge on any atom is 0.0223 e. The van der Waals surface area contributed by atoms with Crippen molar-refractivity contribution in [1.29, 1.82) is 0 Å². The molecular weight excluding hydrogens is 268 g/mol. The summed E-state index contributed by atoms with van der Waals surface area (Å²) in [6.07, 6.45) is 18.8. The molecule has 0 spiro atoms. The fourth-order valence-electron chi connectivity index (χ4n) is 4.27. The second-order valence-electron chi connectivity index (χ2n) is 7.67. The zero-order chi connectivity index (χ0) is 15.5. The molecule has 0 aromatic carbocycles. The SMILES string of the molecule is CCCCCCCC[C@@H](CN1CCCCC1)N1CCCCC1. The molecule has 2 aliphatic heterocycles. The Bertz CT molecular complexity index is 254. The molecule has 0 amide bonds. The minimum atomic E-state index is 0.851. The third kappa shape index (κ3) is 7.00. The van der Waals surface area contributed by atoms with Gasteiger partial charge in [-0.3, -0.25) is 4.90 Å². The first kappa shape index (κ1) is 18.3. The third-order valence-electron chi connectivity index (χ3n) is 5.72. The number of unbranched alkanes of at least 4 members (excludes halogenated alkanes) is 5. The average Bonchev–Trinajstić information content (AvgIpc) is 2.58. The van der Waals surface area contributed by atoms with Gasteiger partial charge in [0.2, 0.25) is 0 Å². The first-order chi connectivity index (χ1) is 10.9. The van der Waals surface area contributed by atoms with Gasteiger partial charge in [0, 0.05) is 12.6 Å². The van der Waals surface area contributed by atoms with Crippen LogP contribution in [-0.4, -0.2) is 48.6 Å². The Labute approximate surface area is 139 Å². The lowest BCUT2D eigenvalue weighted by Gasteiger charge is -2.39. The summed E-state index contributed by atoms with van der Waals surface area (Å²) < 4.78 is 0. The summed E-state index contributed by atoms with van der Waals surface area (Å²) >= 11 is 0. The van der Waals surface area contributed by atoms with Gasteiger partial charge in [-0.1, -0.05) is 58.3 Å². The van der Waals surface area contributed by atoms with Crippen LogP contribution >= 0.6 is 0 Å². The molecule has 0 radical (unpaired) electrons. The van der Waals surface area contributed by atoms with Crippen LogP contribution < -0.4 is 0 Å². The van der Waals surface area contributed by atoms with Gasteiger partial charge < -0.3 is 4.90 Å². The van der Waals surface area contributed by atoms with E-state index in [-0.39, 0.29) is 0 Å². The van der Waals surface area contributed by atoms with Gasteiger partial charge in [0.25, 0.3) is 0 Å². The van der Waals surface area contributed by atoms with Crippen molar-refractivity contribution in [2.75, 3.05) is 32.7 Å². The summed E-state index contributed by atoms with van der Waals surface area (Å²) in [5.41, 5.74) is 0.